The van der Waals surface area contributed by atoms with Crippen LogP contribution in [0.15, 0.2) is 77.4 Å². The van der Waals surface area contributed by atoms with Crippen molar-refractivity contribution in [3.05, 3.63) is 105 Å². The largest absolute Gasteiger partial charge is 0.489 e. The lowest BCUT2D eigenvalue weighted by Gasteiger charge is -2.08. The highest BCUT2D eigenvalue weighted by atomic mass is 35.5. The van der Waals surface area contributed by atoms with E-state index in [-0.39, 0.29) is 5.70 Å². The number of aliphatic imine (C=N–C) groups is 1. The van der Waals surface area contributed by atoms with Crippen molar-refractivity contribution in [2.75, 3.05) is 0 Å². The molecule has 6 heteroatoms. The van der Waals surface area contributed by atoms with Crippen molar-refractivity contribution in [3.8, 4) is 5.75 Å². The summed E-state index contributed by atoms with van der Waals surface area (Å²) in [6.07, 6.45) is 1.68. The summed E-state index contributed by atoms with van der Waals surface area (Å²) in [4.78, 5) is 16.5. The normalized spacial score (nSPS) is 14.6. The van der Waals surface area contributed by atoms with E-state index in [1.807, 2.05) is 61.5 Å². The summed E-state index contributed by atoms with van der Waals surface area (Å²) in [6.45, 7) is 2.32. The molecular formula is C24H17Cl2NO3. The predicted molar refractivity (Wildman–Crippen MR) is 119 cm³/mol. The SMILES string of the molecule is Cc1ccc(C2=N/C(=C/c3ccc(OCc4ccc(Cl)cc4Cl)cc3)C(=O)O2)cc1. The van der Waals surface area contributed by atoms with Crippen molar-refractivity contribution in [2.45, 2.75) is 13.5 Å². The molecule has 1 heterocycles. The number of cyclic esters (lactones) is 1. The summed E-state index contributed by atoms with van der Waals surface area (Å²) >= 11 is 12.1. The fourth-order valence-corrected chi connectivity index (χ4v) is 3.31. The van der Waals surface area contributed by atoms with Crippen LogP contribution in [-0.2, 0) is 16.1 Å². The Balaban J connectivity index is 1.45. The third-order valence-corrected chi connectivity index (χ3v) is 5.10. The van der Waals surface area contributed by atoms with E-state index in [0.29, 0.717) is 28.3 Å². The molecule has 1 aliphatic rings. The minimum Gasteiger partial charge on any atom is -0.489 e. The molecule has 0 fully saturated rings. The molecule has 0 saturated heterocycles. The number of hydrogen-bond donors (Lipinski definition) is 0. The van der Waals surface area contributed by atoms with Gasteiger partial charge in [-0.05, 0) is 55.0 Å². The second kappa shape index (κ2) is 8.74. The Hall–Kier alpha value is -3.08. The van der Waals surface area contributed by atoms with Gasteiger partial charge in [0.2, 0.25) is 5.90 Å². The first kappa shape index (κ1) is 20.2. The Kier molecular flexibility index (Phi) is 5.88. The van der Waals surface area contributed by atoms with Gasteiger partial charge in [-0.15, -0.1) is 0 Å². The summed E-state index contributed by atoms with van der Waals surface area (Å²) in [5.41, 5.74) is 3.81. The van der Waals surface area contributed by atoms with E-state index in [0.717, 1.165) is 22.3 Å². The average Bonchev–Trinajstić information content (AvgIpc) is 3.09. The van der Waals surface area contributed by atoms with E-state index in [9.17, 15) is 4.79 Å². The molecule has 4 nitrogen and oxygen atoms in total. The van der Waals surface area contributed by atoms with Gasteiger partial charge in [0, 0.05) is 21.2 Å². The van der Waals surface area contributed by atoms with Gasteiger partial charge in [-0.2, -0.15) is 0 Å². The number of benzene rings is 3. The van der Waals surface area contributed by atoms with Gasteiger partial charge >= 0.3 is 5.97 Å². The maximum atomic E-state index is 12.2. The summed E-state index contributed by atoms with van der Waals surface area (Å²) in [6, 6.07) is 20.3. The molecule has 3 aromatic rings. The number of halogens is 2. The molecule has 0 bridgehead atoms. The lowest BCUT2D eigenvalue weighted by Crippen LogP contribution is -2.05. The van der Waals surface area contributed by atoms with Gasteiger partial charge in [-0.1, -0.05) is 59.1 Å². The minimum atomic E-state index is -0.469. The van der Waals surface area contributed by atoms with Crippen molar-refractivity contribution in [1.29, 1.82) is 0 Å². The molecule has 30 heavy (non-hydrogen) atoms. The van der Waals surface area contributed by atoms with Crippen molar-refractivity contribution >= 4 is 41.1 Å². The first-order valence-electron chi connectivity index (χ1n) is 9.24. The molecule has 0 aromatic heterocycles. The second-order valence-corrected chi connectivity index (χ2v) is 7.64. The number of rotatable bonds is 5. The summed E-state index contributed by atoms with van der Waals surface area (Å²) < 4.78 is 11.1. The van der Waals surface area contributed by atoms with E-state index >= 15 is 0 Å². The van der Waals surface area contributed by atoms with Gasteiger partial charge in [-0.3, -0.25) is 0 Å². The van der Waals surface area contributed by atoms with Gasteiger partial charge in [0.1, 0.15) is 12.4 Å². The highest BCUT2D eigenvalue weighted by Crippen LogP contribution is 2.24. The third kappa shape index (κ3) is 4.73. The Bertz CT molecular complexity index is 1150. The molecule has 4 rings (SSSR count). The lowest BCUT2D eigenvalue weighted by molar-refractivity contribution is -0.129. The average molecular weight is 438 g/mol. The Morgan fingerprint density at radius 2 is 1.73 bits per heavy atom. The summed E-state index contributed by atoms with van der Waals surface area (Å²) in [5.74, 6) is 0.523. The standard InChI is InChI=1S/C24H17Cl2NO3/c1-15-2-6-17(7-3-15)23-27-22(24(28)30-23)12-16-4-10-20(11-5-16)29-14-18-8-9-19(25)13-21(18)26/h2-13H,14H2,1H3/b22-12+. The molecule has 150 valence electrons. The fourth-order valence-electron chi connectivity index (χ4n) is 2.85. The quantitative estimate of drug-likeness (QED) is 0.351. The molecule has 0 radical (unpaired) electrons. The monoisotopic (exact) mass is 437 g/mol. The zero-order chi connectivity index (χ0) is 21.1. The van der Waals surface area contributed by atoms with Crippen LogP contribution in [-0.4, -0.2) is 11.9 Å². The van der Waals surface area contributed by atoms with E-state index in [1.54, 1.807) is 18.2 Å². The smallest absolute Gasteiger partial charge is 0.363 e. The van der Waals surface area contributed by atoms with Crippen LogP contribution in [0.1, 0.15) is 22.3 Å². The van der Waals surface area contributed by atoms with Crippen LogP contribution in [0.3, 0.4) is 0 Å². The highest BCUT2D eigenvalue weighted by molar-refractivity contribution is 6.35. The van der Waals surface area contributed by atoms with Gasteiger partial charge in [0.05, 0.1) is 0 Å². The molecule has 3 aromatic carbocycles. The maximum Gasteiger partial charge on any atom is 0.363 e. The van der Waals surface area contributed by atoms with Crippen LogP contribution >= 0.6 is 23.2 Å². The van der Waals surface area contributed by atoms with Crippen LogP contribution in [0.4, 0.5) is 0 Å². The fraction of sp³-hybridized carbons (Fsp3) is 0.0833. The van der Waals surface area contributed by atoms with Gasteiger partial charge in [-0.25, -0.2) is 9.79 Å². The van der Waals surface area contributed by atoms with E-state index < -0.39 is 5.97 Å². The van der Waals surface area contributed by atoms with Gasteiger partial charge in [0.15, 0.2) is 5.70 Å². The van der Waals surface area contributed by atoms with Crippen LogP contribution in [0.2, 0.25) is 10.0 Å². The number of esters is 1. The van der Waals surface area contributed by atoms with Crippen molar-refractivity contribution < 1.29 is 14.3 Å². The number of carbonyl (C=O) groups is 1. The van der Waals surface area contributed by atoms with E-state index in [2.05, 4.69) is 4.99 Å². The van der Waals surface area contributed by atoms with Crippen molar-refractivity contribution in [1.82, 2.24) is 0 Å². The number of carbonyl (C=O) groups excluding carboxylic acids is 1. The molecule has 1 aliphatic heterocycles. The van der Waals surface area contributed by atoms with Crippen LogP contribution < -0.4 is 4.74 Å². The molecule has 0 atom stereocenters. The third-order valence-electron chi connectivity index (χ3n) is 4.51. The number of ether oxygens (including phenoxy) is 2. The molecule has 0 spiro atoms. The summed E-state index contributed by atoms with van der Waals surface area (Å²) in [5, 5.41) is 1.14. The van der Waals surface area contributed by atoms with Crippen molar-refractivity contribution in [2.24, 2.45) is 4.99 Å². The zero-order valence-corrected chi connectivity index (χ0v) is 17.6. The predicted octanol–water partition coefficient (Wildman–Crippen LogP) is 6.23. The zero-order valence-electron chi connectivity index (χ0n) is 16.1. The van der Waals surface area contributed by atoms with Crippen molar-refractivity contribution in [3.63, 3.8) is 0 Å². The maximum absolute atomic E-state index is 12.2. The van der Waals surface area contributed by atoms with E-state index in [1.165, 1.54) is 0 Å². The minimum absolute atomic E-state index is 0.257. The number of hydrogen-bond acceptors (Lipinski definition) is 4. The Labute approximate surface area is 184 Å². The van der Waals surface area contributed by atoms with Crippen LogP contribution in [0.5, 0.6) is 5.75 Å². The molecule has 0 saturated carbocycles. The molecule has 0 amide bonds. The first-order valence-corrected chi connectivity index (χ1v) is 10.00. The topological polar surface area (TPSA) is 47.9 Å². The molecule has 0 aliphatic carbocycles. The number of nitrogens with zero attached hydrogens (tertiary/aromatic N) is 1. The van der Waals surface area contributed by atoms with E-state index in [4.69, 9.17) is 32.7 Å². The molecular weight excluding hydrogens is 421 g/mol. The van der Waals surface area contributed by atoms with Gasteiger partial charge in [0.25, 0.3) is 0 Å². The van der Waals surface area contributed by atoms with Crippen LogP contribution in [0, 0.1) is 6.92 Å². The second-order valence-electron chi connectivity index (χ2n) is 6.80. The highest BCUT2D eigenvalue weighted by Gasteiger charge is 2.24. The molecule has 0 N–H and O–H groups in total. The first-order chi connectivity index (χ1) is 14.5. The summed E-state index contributed by atoms with van der Waals surface area (Å²) in [7, 11) is 0. The Morgan fingerprint density at radius 3 is 2.43 bits per heavy atom. The number of aryl methyl sites for hydroxylation is 1. The lowest BCUT2D eigenvalue weighted by atomic mass is 10.1. The van der Waals surface area contributed by atoms with Gasteiger partial charge < -0.3 is 9.47 Å². The van der Waals surface area contributed by atoms with Crippen LogP contribution in [0.25, 0.3) is 6.08 Å². The Morgan fingerprint density at radius 1 is 1.00 bits per heavy atom. The molecule has 0 unspecified atom stereocenters.